The Balaban J connectivity index is 1.78. The molecule has 0 bridgehead atoms. The van der Waals surface area contributed by atoms with Crippen molar-refractivity contribution in [1.29, 1.82) is 0 Å². The second-order valence-electron chi connectivity index (χ2n) is 5.12. The molecule has 0 amide bonds. The maximum Gasteiger partial charge on any atom is 0.122 e. The summed E-state index contributed by atoms with van der Waals surface area (Å²) in [5.74, 6) is 1.03. The molecule has 2 N–H and O–H groups in total. The van der Waals surface area contributed by atoms with Gasteiger partial charge >= 0.3 is 0 Å². The first kappa shape index (κ1) is 12.2. The minimum atomic E-state index is 0.0506. The van der Waals surface area contributed by atoms with Crippen LogP contribution < -0.4 is 10.5 Å². The van der Waals surface area contributed by atoms with Crippen molar-refractivity contribution in [2.24, 2.45) is 5.73 Å². The van der Waals surface area contributed by atoms with Gasteiger partial charge in [-0.15, -0.1) is 0 Å². The van der Waals surface area contributed by atoms with Crippen LogP contribution in [0.5, 0.6) is 5.75 Å². The van der Waals surface area contributed by atoms with Gasteiger partial charge in [-0.25, -0.2) is 0 Å². The van der Waals surface area contributed by atoms with Crippen molar-refractivity contribution in [2.75, 3.05) is 6.61 Å². The summed E-state index contributed by atoms with van der Waals surface area (Å²) in [6, 6.07) is 16.8. The number of aryl methyl sites for hydroxylation is 1. The van der Waals surface area contributed by atoms with Gasteiger partial charge in [0.1, 0.15) is 5.75 Å². The highest BCUT2D eigenvalue weighted by Gasteiger charge is 2.13. The van der Waals surface area contributed by atoms with E-state index < -0.39 is 0 Å². The zero-order valence-electron chi connectivity index (χ0n) is 11.0. The lowest BCUT2D eigenvalue weighted by Gasteiger charge is -2.20. The second-order valence-corrected chi connectivity index (χ2v) is 5.12. The van der Waals surface area contributed by atoms with Gasteiger partial charge in [-0.3, -0.25) is 0 Å². The molecule has 2 heteroatoms. The molecule has 1 heterocycles. The van der Waals surface area contributed by atoms with E-state index in [9.17, 15) is 0 Å². The van der Waals surface area contributed by atoms with E-state index in [1.165, 1.54) is 16.7 Å². The molecular weight excluding hydrogens is 234 g/mol. The summed E-state index contributed by atoms with van der Waals surface area (Å²) in [5.41, 5.74) is 10.1. The maximum absolute atomic E-state index is 6.32. The summed E-state index contributed by atoms with van der Waals surface area (Å²) >= 11 is 0. The van der Waals surface area contributed by atoms with Gasteiger partial charge in [0.2, 0.25) is 0 Å². The molecule has 0 unspecified atom stereocenters. The Labute approximate surface area is 114 Å². The Morgan fingerprint density at radius 1 is 1.11 bits per heavy atom. The smallest absolute Gasteiger partial charge is 0.122 e. The number of rotatable bonds is 3. The molecule has 0 spiro atoms. The highest BCUT2D eigenvalue weighted by atomic mass is 16.5. The molecule has 3 rings (SSSR count). The molecular formula is C17H19NO. The molecule has 19 heavy (non-hydrogen) atoms. The molecule has 1 aliphatic rings. The minimum absolute atomic E-state index is 0.0506. The number of benzene rings is 2. The second kappa shape index (κ2) is 5.45. The van der Waals surface area contributed by atoms with Crippen LogP contribution in [0.2, 0.25) is 0 Å². The molecule has 98 valence electrons. The summed E-state index contributed by atoms with van der Waals surface area (Å²) in [6.45, 7) is 0.836. The van der Waals surface area contributed by atoms with Gasteiger partial charge in [0, 0.05) is 6.04 Å². The number of hydrogen-bond acceptors (Lipinski definition) is 2. The molecule has 0 fully saturated rings. The van der Waals surface area contributed by atoms with Gasteiger partial charge in [0.05, 0.1) is 6.61 Å². The molecule has 1 atom stereocenters. The third-order valence-electron chi connectivity index (χ3n) is 3.66. The minimum Gasteiger partial charge on any atom is -0.493 e. The highest BCUT2D eigenvalue weighted by molar-refractivity contribution is 5.40. The van der Waals surface area contributed by atoms with Crippen molar-refractivity contribution in [3.63, 3.8) is 0 Å². The molecule has 0 radical (unpaired) electrons. The van der Waals surface area contributed by atoms with Crippen LogP contribution in [0.3, 0.4) is 0 Å². The van der Waals surface area contributed by atoms with E-state index in [0.717, 1.165) is 31.6 Å². The molecule has 1 aliphatic heterocycles. The lowest BCUT2D eigenvalue weighted by atomic mass is 9.96. The Morgan fingerprint density at radius 2 is 1.95 bits per heavy atom. The first-order valence-electron chi connectivity index (χ1n) is 6.88. The Morgan fingerprint density at radius 3 is 2.79 bits per heavy atom. The van der Waals surface area contributed by atoms with Crippen molar-refractivity contribution in [3.8, 4) is 5.75 Å². The van der Waals surface area contributed by atoms with Gasteiger partial charge < -0.3 is 10.5 Å². The SMILES string of the molecule is N[C@H](Cc1ccccc1)c1ccc2c(c1)CCCO2. The quantitative estimate of drug-likeness (QED) is 0.911. The average molecular weight is 253 g/mol. The number of nitrogens with two attached hydrogens (primary N) is 1. The monoisotopic (exact) mass is 253 g/mol. The van der Waals surface area contributed by atoms with Crippen LogP contribution >= 0.6 is 0 Å². The molecule has 2 aromatic rings. The van der Waals surface area contributed by atoms with Crippen molar-refractivity contribution in [3.05, 3.63) is 65.2 Å². The van der Waals surface area contributed by atoms with E-state index in [2.05, 4.69) is 42.5 Å². The fraction of sp³-hybridized carbons (Fsp3) is 0.294. The molecule has 0 aromatic heterocycles. The van der Waals surface area contributed by atoms with Crippen LogP contribution in [0.1, 0.15) is 29.2 Å². The van der Waals surface area contributed by atoms with Gasteiger partial charge in [-0.2, -0.15) is 0 Å². The number of fused-ring (bicyclic) bond motifs is 1. The third kappa shape index (κ3) is 2.79. The van der Waals surface area contributed by atoms with Crippen molar-refractivity contribution in [2.45, 2.75) is 25.3 Å². The van der Waals surface area contributed by atoms with E-state index in [4.69, 9.17) is 10.5 Å². The first-order valence-corrected chi connectivity index (χ1v) is 6.88. The fourth-order valence-corrected chi connectivity index (χ4v) is 2.60. The highest BCUT2D eigenvalue weighted by Crippen LogP contribution is 2.28. The predicted molar refractivity (Wildman–Crippen MR) is 77.3 cm³/mol. The summed E-state index contributed by atoms with van der Waals surface area (Å²) in [7, 11) is 0. The summed E-state index contributed by atoms with van der Waals surface area (Å²) < 4.78 is 5.64. The van der Waals surface area contributed by atoms with Gasteiger partial charge in [-0.05, 0) is 42.0 Å². The van der Waals surface area contributed by atoms with Crippen molar-refractivity contribution >= 4 is 0 Å². The zero-order chi connectivity index (χ0) is 13.1. The summed E-state index contributed by atoms with van der Waals surface area (Å²) in [5, 5.41) is 0. The normalized spacial score (nSPS) is 15.4. The summed E-state index contributed by atoms with van der Waals surface area (Å²) in [6.07, 6.45) is 3.08. The van der Waals surface area contributed by atoms with E-state index in [1.807, 2.05) is 6.07 Å². The molecule has 2 nitrogen and oxygen atoms in total. The van der Waals surface area contributed by atoms with Crippen LogP contribution in [0, 0.1) is 0 Å². The maximum atomic E-state index is 6.32. The summed E-state index contributed by atoms with van der Waals surface area (Å²) in [4.78, 5) is 0. The van der Waals surface area contributed by atoms with Crippen LogP contribution in [-0.2, 0) is 12.8 Å². The number of ether oxygens (including phenoxy) is 1. The predicted octanol–water partition coefficient (Wildman–Crippen LogP) is 3.25. The van der Waals surface area contributed by atoms with E-state index in [-0.39, 0.29) is 6.04 Å². The molecule has 2 aromatic carbocycles. The van der Waals surface area contributed by atoms with Gasteiger partial charge in [0.25, 0.3) is 0 Å². The Bertz CT molecular complexity index is 550. The van der Waals surface area contributed by atoms with Crippen LogP contribution in [0.25, 0.3) is 0 Å². The third-order valence-corrected chi connectivity index (χ3v) is 3.66. The molecule has 0 aliphatic carbocycles. The Kier molecular flexibility index (Phi) is 3.51. The van der Waals surface area contributed by atoms with Crippen LogP contribution in [-0.4, -0.2) is 6.61 Å². The van der Waals surface area contributed by atoms with Crippen LogP contribution in [0.15, 0.2) is 48.5 Å². The van der Waals surface area contributed by atoms with Gasteiger partial charge in [0.15, 0.2) is 0 Å². The number of hydrogen-bond donors (Lipinski definition) is 1. The van der Waals surface area contributed by atoms with Crippen molar-refractivity contribution < 1.29 is 4.74 Å². The Hall–Kier alpha value is -1.80. The molecule has 0 saturated carbocycles. The molecule has 0 saturated heterocycles. The lowest BCUT2D eigenvalue weighted by molar-refractivity contribution is 0.288. The van der Waals surface area contributed by atoms with Gasteiger partial charge in [-0.1, -0.05) is 42.5 Å². The van der Waals surface area contributed by atoms with Crippen LogP contribution in [0.4, 0.5) is 0 Å². The standard InChI is InChI=1S/C17H19NO/c18-16(11-13-5-2-1-3-6-13)14-8-9-17-15(12-14)7-4-10-19-17/h1-3,5-6,8-9,12,16H,4,7,10-11,18H2/t16-/m1/s1. The lowest BCUT2D eigenvalue weighted by Crippen LogP contribution is -2.15. The topological polar surface area (TPSA) is 35.2 Å². The average Bonchev–Trinajstić information content (AvgIpc) is 2.48. The zero-order valence-corrected chi connectivity index (χ0v) is 11.0. The fourth-order valence-electron chi connectivity index (χ4n) is 2.60. The first-order chi connectivity index (χ1) is 9.33. The van der Waals surface area contributed by atoms with Crippen molar-refractivity contribution in [1.82, 2.24) is 0 Å². The van der Waals surface area contributed by atoms with E-state index in [0.29, 0.717) is 0 Å². The van der Waals surface area contributed by atoms with E-state index >= 15 is 0 Å². The van der Waals surface area contributed by atoms with E-state index in [1.54, 1.807) is 0 Å². The largest absolute Gasteiger partial charge is 0.493 e.